The summed E-state index contributed by atoms with van der Waals surface area (Å²) in [6, 6.07) is 8.29. The molecule has 0 radical (unpaired) electrons. The van der Waals surface area contributed by atoms with E-state index in [0.717, 1.165) is 11.2 Å². The Hall–Kier alpha value is -1.57. The summed E-state index contributed by atoms with van der Waals surface area (Å²) in [7, 11) is 1.92. The minimum absolute atomic E-state index is 1.04. The van der Waals surface area contributed by atoms with Gasteiger partial charge < -0.3 is 5.32 Å². The molecule has 1 N–H and O–H groups in total. The standard InChI is InChI=1S/C11H12N2/c1-8-6-9-4-3-5-13-11(9)10(7-8)12-2/h3-7,12H,1-2H3. The summed E-state index contributed by atoms with van der Waals surface area (Å²) in [5.41, 5.74) is 3.39. The van der Waals surface area contributed by atoms with E-state index >= 15 is 0 Å². The highest BCUT2D eigenvalue weighted by Gasteiger charge is 2.00. The van der Waals surface area contributed by atoms with Gasteiger partial charge in [-0.3, -0.25) is 4.98 Å². The van der Waals surface area contributed by atoms with Gasteiger partial charge in [0.2, 0.25) is 0 Å². The highest BCUT2D eigenvalue weighted by Crippen LogP contribution is 2.22. The van der Waals surface area contributed by atoms with Crippen LogP contribution in [0.5, 0.6) is 0 Å². The maximum atomic E-state index is 4.33. The molecular formula is C11H12N2. The first-order valence-electron chi connectivity index (χ1n) is 4.34. The topological polar surface area (TPSA) is 24.9 Å². The number of benzene rings is 1. The van der Waals surface area contributed by atoms with E-state index < -0.39 is 0 Å². The zero-order valence-corrected chi connectivity index (χ0v) is 7.83. The van der Waals surface area contributed by atoms with Crippen molar-refractivity contribution in [3.8, 4) is 0 Å². The molecule has 1 heterocycles. The molecule has 0 bridgehead atoms. The van der Waals surface area contributed by atoms with Gasteiger partial charge in [0.25, 0.3) is 0 Å². The van der Waals surface area contributed by atoms with Crippen LogP contribution >= 0.6 is 0 Å². The van der Waals surface area contributed by atoms with E-state index in [1.165, 1.54) is 10.9 Å². The fraction of sp³-hybridized carbons (Fsp3) is 0.182. The van der Waals surface area contributed by atoms with Gasteiger partial charge in [-0.25, -0.2) is 0 Å². The molecule has 2 nitrogen and oxygen atoms in total. The Morgan fingerprint density at radius 1 is 1.31 bits per heavy atom. The predicted molar refractivity (Wildman–Crippen MR) is 56.0 cm³/mol. The van der Waals surface area contributed by atoms with E-state index in [-0.39, 0.29) is 0 Å². The van der Waals surface area contributed by atoms with E-state index in [2.05, 4.69) is 35.4 Å². The summed E-state index contributed by atoms with van der Waals surface area (Å²) in [5.74, 6) is 0. The van der Waals surface area contributed by atoms with Crippen LogP contribution in [0.2, 0.25) is 0 Å². The fourth-order valence-electron chi connectivity index (χ4n) is 1.53. The zero-order chi connectivity index (χ0) is 9.26. The van der Waals surface area contributed by atoms with Crippen molar-refractivity contribution < 1.29 is 0 Å². The maximum absolute atomic E-state index is 4.33. The Labute approximate surface area is 77.6 Å². The van der Waals surface area contributed by atoms with Crippen LogP contribution in [0, 0.1) is 6.92 Å². The minimum atomic E-state index is 1.04. The third-order valence-electron chi connectivity index (χ3n) is 2.12. The number of nitrogens with zero attached hydrogens (tertiary/aromatic N) is 1. The van der Waals surface area contributed by atoms with Gasteiger partial charge in [-0.15, -0.1) is 0 Å². The Kier molecular flexibility index (Phi) is 1.89. The van der Waals surface area contributed by atoms with Crippen LogP contribution < -0.4 is 5.32 Å². The fourth-order valence-corrected chi connectivity index (χ4v) is 1.53. The number of nitrogens with one attached hydrogen (secondary N) is 1. The molecule has 2 aromatic rings. The Balaban J connectivity index is 2.81. The molecule has 0 aliphatic carbocycles. The first-order valence-corrected chi connectivity index (χ1v) is 4.34. The number of fused-ring (bicyclic) bond motifs is 1. The van der Waals surface area contributed by atoms with Crippen LogP contribution in [0.25, 0.3) is 10.9 Å². The van der Waals surface area contributed by atoms with Gasteiger partial charge in [-0.1, -0.05) is 6.07 Å². The van der Waals surface area contributed by atoms with Gasteiger partial charge in [-0.2, -0.15) is 0 Å². The summed E-state index contributed by atoms with van der Waals surface area (Å²) in [6.07, 6.45) is 1.82. The average Bonchev–Trinajstić information content (AvgIpc) is 2.16. The highest BCUT2D eigenvalue weighted by molar-refractivity contribution is 5.90. The van der Waals surface area contributed by atoms with E-state index in [1.54, 1.807) is 0 Å². The van der Waals surface area contributed by atoms with E-state index in [1.807, 2.05) is 19.3 Å². The lowest BCUT2D eigenvalue weighted by Crippen LogP contribution is -1.92. The number of rotatable bonds is 1. The van der Waals surface area contributed by atoms with E-state index in [9.17, 15) is 0 Å². The largest absolute Gasteiger partial charge is 0.386 e. The van der Waals surface area contributed by atoms with E-state index in [0.29, 0.717) is 0 Å². The molecule has 0 aliphatic heterocycles. The number of anilines is 1. The van der Waals surface area contributed by atoms with Crippen LogP contribution in [-0.4, -0.2) is 12.0 Å². The lowest BCUT2D eigenvalue weighted by Gasteiger charge is -2.05. The lowest BCUT2D eigenvalue weighted by molar-refractivity contribution is 1.37. The molecule has 13 heavy (non-hydrogen) atoms. The number of hydrogen-bond acceptors (Lipinski definition) is 2. The zero-order valence-electron chi connectivity index (χ0n) is 7.83. The molecule has 0 atom stereocenters. The minimum Gasteiger partial charge on any atom is -0.386 e. The molecule has 1 aromatic carbocycles. The van der Waals surface area contributed by atoms with Crippen LogP contribution in [0.3, 0.4) is 0 Å². The summed E-state index contributed by atoms with van der Waals surface area (Å²) >= 11 is 0. The van der Waals surface area contributed by atoms with Crippen molar-refractivity contribution in [2.24, 2.45) is 0 Å². The normalized spacial score (nSPS) is 10.3. The van der Waals surface area contributed by atoms with Gasteiger partial charge in [-0.05, 0) is 30.7 Å². The molecule has 0 unspecified atom stereocenters. The van der Waals surface area contributed by atoms with Gasteiger partial charge in [0, 0.05) is 18.6 Å². The van der Waals surface area contributed by atoms with Crippen molar-refractivity contribution in [1.82, 2.24) is 4.98 Å². The van der Waals surface area contributed by atoms with Crippen molar-refractivity contribution in [3.05, 3.63) is 36.0 Å². The number of aryl methyl sites for hydroxylation is 1. The predicted octanol–water partition coefficient (Wildman–Crippen LogP) is 2.58. The summed E-state index contributed by atoms with van der Waals surface area (Å²) in [5, 5.41) is 4.34. The molecular weight excluding hydrogens is 160 g/mol. The molecule has 0 saturated heterocycles. The van der Waals surface area contributed by atoms with Gasteiger partial charge >= 0.3 is 0 Å². The van der Waals surface area contributed by atoms with Gasteiger partial charge in [0.1, 0.15) is 0 Å². The molecule has 2 heteroatoms. The summed E-state index contributed by atoms with van der Waals surface area (Å²) in [4.78, 5) is 4.33. The Morgan fingerprint density at radius 2 is 2.15 bits per heavy atom. The van der Waals surface area contributed by atoms with Crippen molar-refractivity contribution in [2.75, 3.05) is 12.4 Å². The Morgan fingerprint density at radius 3 is 2.92 bits per heavy atom. The first-order chi connectivity index (χ1) is 6.31. The van der Waals surface area contributed by atoms with Crippen molar-refractivity contribution in [3.63, 3.8) is 0 Å². The average molecular weight is 172 g/mol. The molecule has 0 fully saturated rings. The van der Waals surface area contributed by atoms with Crippen LogP contribution in [0.15, 0.2) is 30.5 Å². The SMILES string of the molecule is CNc1cc(C)cc2cccnc12. The van der Waals surface area contributed by atoms with E-state index in [4.69, 9.17) is 0 Å². The van der Waals surface area contributed by atoms with Gasteiger partial charge in [0.05, 0.1) is 11.2 Å². The third kappa shape index (κ3) is 1.35. The second-order valence-corrected chi connectivity index (χ2v) is 3.14. The van der Waals surface area contributed by atoms with Gasteiger partial charge in [0.15, 0.2) is 0 Å². The number of pyridine rings is 1. The lowest BCUT2D eigenvalue weighted by atomic mass is 10.1. The highest BCUT2D eigenvalue weighted by atomic mass is 14.8. The van der Waals surface area contributed by atoms with Crippen molar-refractivity contribution in [2.45, 2.75) is 6.92 Å². The quantitative estimate of drug-likeness (QED) is 0.715. The van der Waals surface area contributed by atoms with Crippen LogP contribution in [0.1, 0.15) is 5.56 Å². The number of hydrogen-bond donors (Lipinski definition) is 1. The molecule has 0 spiro atoms. The molecule has 66 valence electrons. The first kappa shape index (κ1) is 8.05. The molecule has 1 aromatic heterocycles. The summed E-state index contributed by atoms with van der Waals surface area (Å²) in [6.45, 7) is 2.09. The molecule has 0 saturated carbocycles. The second kappa shape index (κ2) is 3.05. The number of aromatic nitrogens is 1. The monoisotopic (exact) mass is 172 g/mol. The van der Waals surface area contributed by atoms with Crippen molar-refractivity contribution in [1.29, 1.82) is 0 Å². The molecule has 0 amide bonds. The maximum Gasteiger partial charge on any atom is 0.0933 e. The summed E-state index contributed by atoms with van der Waals surface area (Å²) < 4.78 is 0. The molecule has 0 aliphatic rings. The van der Waals surface area contributed by atoms with Crippen LogP contribution in [-0.2, 0) is 0 Å². The molecule has 2 rings (SSSR count). The smallest absolute Gasteiger partial charge is 0.0933 e. The third-order valence-corrected chi connectivity index (χ3v) is 2.12. The second-order valence-electron chi connectivity index (χ2n) is 3.14. The Bertz CT molecular complexity index is 435. The van der Waals surface area contributed by atoms with Crippen molar-refractivity contribution >= 4 is 16.6 Å². The van der Waals surface area contributed by atoms with Crippen LogP contribution in [0.4, 0.5) is 5.69 Å².